The van der Waals surface area contributed by atoms with E-state index in [0.717, 1.165) is 59.7 Å². The number of likely N-dealkylation sites (N-methyl/N-ethyl adjacent to an activating group) is 1. The van der Waals surface area contributed by atoms with E-state index in [9.17, 15) is 4.39 Å². The summed E-state index contributed by atoms with van der Waals surface area (Å²) in [6.45, 7) is 4.87. The normalized spacial score (nSPS) is 16.7. The summed E-state index contributed by atoms with van der Waals surface area (Å²) in [5.41, 5.74) is 4.09. The molecule has 40 heavy (non-hydrogen) atoms. The number of nitrogens with zero attached hydrogens (tertiary/aromatic N) is 7. The number of anilines is 3. The molecule has 2 aliphatic heterocycles. The van der Waals surface area contributed by atoms with Gasteiger partial charge >= 0.3 is 0 Å². The van der Waals surface area contributed by atoms with Crippen LogP contribution in [0.4, 0.5) is 21.6 Å². The summed E-state index contributed by atoms with van der Waals surface area (Å²) in [5, 5.41) is 15.3. The molecule has 0 bridgehead atoms. The summed E-state index contributed by atoms with van der Waals surface area (Å²) < 4.78 is 19.3. The number of benzene rings is 3. The summed E-state index contributed by atoms with van der Waals surface area (Å²) in [6, 6.07) is 17.6. The summed E-state index contributed by atoms with van der Waals surface area (Å²) in [4.78, 5) is 13.5. The van der Waals surface area contributed by atoms with Gasteiger partial charge in [0.1, 0.15) is 36.0 Å². The Morgan fingerprint density at radius 3 is 2.73 bits per heavy atom. The summed E-state index contributed by atoms with van der Waals surface area (Å²) >= 11 is 6.50. The van der Waals surface area contributed by atoms with Gasteiger partial charge in [-0.05, 0) is 61.1 Å². The number of hydrogen-bond donors (Lipinski definition) is 1. The van der Waals surface area contributed by atoms with E-state index in [1.54, 1.807) is 24.3 Å². The van der Waals surface area contributed by atoms with Crippen LogP contribution in [0, 0.1) is 5.82 Å². The first-order valence-corrected chi connectivity index (χ1v) is 13.4. The molecule has 6 rings (SSSR count). The standard InChI is InChI=1S/C29H28ClFN8O/c1-37-9-11-38(12-10-37)16-23-17-39(36-35-23)24-6-7-27-25(15-24)29(33-19-32-27)34-22-5-8-28(26(30)14-22)40-18-20-3-2-4-21(31)13-20/h2-8,13-16,19H,9-12,17-18H2,1H3,(H,32,33,34)/b23-16+. The van der Waals surface area contributed by atoms with E-state index < -0.39 is 0 Å². The molecule has 3 aromatic carbocycles. The fraction of sp³-hybridized carbons (Fsp3) is 0.241. The Morgan fingerprint density at radius 2 is 1.90 bits per heavy atom. The molecule has 0 unspecified atom stereocenters. The van der Waals surface area contributed by atoms with Gasteiger partial charge in [0.2, 0.25) is 0 Å². The van der Waals surface area contributed by atoms with Gasteiger partial charge in [0.05, 0.1) is 22.8 Å². The lowest BCUT2D eigenvalue weighted by molar-refractivity contribution is 0.197. The van der Waals surface area contributed by atoms with Gasteiger partial charge in [0.15, 0.2) is 0 Å². The zero-order valence-electron chi connectivity index (χ0n) is 22.0. The molecule has 0 saturated carbocycles. The molecule has 1 saturated heterocycles. The largest absolute Gasteiger partial charge is 0.487 e. The van der Waals surface area contributed by atoms with E-state index in [-0.39, 0.29) is 12.4 Å². The molecule has 4 aromatic rings. The van der Waals surface area contributed by atoms with Gasteiger partial charge in [-0.3, -0.25) is 0 Å². The summed E-state index contributed by atoms with van der Waals surface area (Å²) in [7, 11) is 2.14. The Balaban J connectivity index is 1.16. The minimum absolute atomic E-state index is 0.212. The number of nitrogens with one attached hydrogen (secondary N) is 1. The van der Waals surface area contributed by atoms with Gasteiger partial charge in [0.25, 0.3) is 0 Å². The van der Waals surface area contributed by atoms with Crippen molar-refractivity contribution in [1.82, 2.24) is 19.8 Å². The van der Waals surface area contributed by atoms with Crippen molar-refractivity contribution in [1.29, 1.82) is 0 Å². The van der Waals surface area contributed by atoms with Crippen LogP contribution in [-0.2, 0) is 6.61 Å². The minimum Gasteiger partial charge on any atom is -0.487 e. The molecule has 3 heterocycles. The van der Waals surface area contributed by atoms with Crippen LogP contribution in [0.5, 0.6) is 5.75 Å². The molecule has 1 N–H and O–H groups in total. The molecule has 0 radical (unpaired) electrons. The van der Waals surface area contributed by atoms with E-state index in [1.165, 1.54) is 18.5 Å². The van der Waals surface area contributed by atoms with Crippen molar-refractivity contribution in [2.24, 2.45) is 10.3 Å². The highest BCUT2D eigenvalue weighted by Gasteiger charge is 2.19. The molecule has 1 aromatic heterocycles. The smallest absolute Gasteiger partial charge is 0.141 e. The SMILES string of the molecule is CN1CCN(/C=C2\CN(c3ccc4ncnc(Nc5ccc(OCc6cccc(F)c6)c(Cl)c5)c4c3)N=N2)CC1. The van der Waals surface area contributed by atoms with E-state index >= 15 is 0 Å². The lowest BCUT2D eigenvalue weighted by Gasteiger charge is -2.31. The van der Waals surface area contributed by atoms with Crippen LogP contribution in [-0.4, -0.2) is 59.5 Å². The third kappa shape index (κ3) is 5.98. The third-order valence-electron chi connectivity index (χ3n) is 6.86. The molecule has 0 spiro atoms. The second kappa shape index (κ2) is 11.4. The van der Waals surface area contributed by atoms with Gasteiger partial charge in [0, 0.05) is 43.5 Å². The lowest BCUT2D eigenvalue weighted by Crippen LogP contribution is -2.42. The minimum atomic E-state index is -0.303. The Kier molecular flexibility index (Phi) is 7.43. The van der Waals surface area contributed by atoms with Crippen LogP contribution < -0.4 is 15.1 Å². The zero-order valence-corrected chi connectivity index (χ0v) is 22.7. The molecule has 0 atom stereocenters. The predicted octanol–water partition coefficient (Wildman–Crippen LogP) is 6.02. The molecular weight excluding hydrogens is 531 g/mol. The van der Waals surface area contributed by atoms with Crippen molar-refractivity contribution in [2.75, 3.05) is 50.1 Å². The topological polar surface area (TPSA) is 81.5 Å². The van der Waals surface area contributed by atoms with E-state index in [0.29, 0.717) is 23.1 Å². The number of fused-ring (bicyclic) bond motifs is 1. The number of aromatic nitrogens is 2. The maximum absolute atomic E-state index is 13.5. The number of rotatable bonds is 7. The summed E-state index contributed by atoms with van der Waals surface area (Å²) in [5.74, 6) is 0.842. The average molecular weight is 559 g/mol. The highest BCUT2D eigenvalue weighted by Crippen LogP contribution is 2.33. The van der Waals surface area contributed by atoms with E-state index in [4.69, 9.17) is 16.3 Å². The first-order valence-electron chi connectivity index (χ1n) is 13.0. The Morgan fingerprint density at radius 1 is 1.02 bits per heavy atom. The van der Waals surface area contributed by atoms with Crippen molar-refractivity contribution in [3.05, 3.63) is 95.3 Å². The average Bonchev–Trinajstić information content (AvgIpc) is 3.42. The highest BCUT2D eigenvalue weighted by atomic mass is 35.5. The highest BCUT2D eigenvalue weighted by molar-refractivity contribution is 6.32. The molecule has 0 amide bonds. The van der Waals surface area contributed by atoms with Gasteiger partial charge in [-0.15, -0.1) is 5.11 Å². The third-order valence-corrected chi connectivity index (χ3v) is 7.15. The first kappa shape index (κ1) is 26.0. The van der Waals surface area contributed by atoms with Crippen LogP contribution in [0.3, 0.4) is 0 Å². The molecular formula is C29H28ClFN8O. The van der Waals surface area contributed by atoms with Gasteiger partial charge < -0.3 is 19.9 Å². The van der Waals surface area contributed by atoms with Crippen LogP contribution in [0.15, 0.2) is 89.2 Å². The van der Waals surface area contributed by atoms with Crippen LogP contribution in [0.1, 0.15) is 5.56 Å². The fourth-order valence-corrected chi connectivity index (χ4v) is 4.86. The molecule has 9 nitrogen and oxygen atoms in total. The molecule has 0 aliphatic carbocycles. The fourth-order valence-electron chi connectivity index (χ4n) is 4.62. The molecule has 1 fully saturated rings. The molecule has 11 heteroatoms. The monoisotopic (exact) mass is 558 g/mol. The first-order chi connectivity index (χ1) is 19.5. The second-order valence-electron chi connectivity index (χ2n) is 9.82. The summed E-state index contributed by atoms with van der Waals surface area (Å²) in [6.07, 6.45) is 3.64. The Labute approximate surface area is 236 Å². The van der Waals surface area contributed by atoms with Crippen molar-refractivity contribution in [2.45, 2.75) is 6.61 Å². The van der Waals surface area contributed by atoms with Crippen molar-refractivity contribution < 1.29 is 9.13 Å². The van der Waals surface area contributed by atoms with Crippen molar-refractivity contribution in [3.8, 4) is 5.75 Å². The van der Waals surface area contributed by atoms with E-state index in [2.05, 4.69) is 48.7 Å². The number of halogens is 2. The van der Waals surface area contributed by atoms with E-state index in [1.807, 2.05) is 29.3 Å². The van der Waals surface area contributed by atoms with Gasteiger partial charge in [-0.1, -0.05) is 29.0 Å². The number of piperazine rings is 1. The zero-order chi connectivity index (χ0) is 27.5. The maximum atomic E-state index is 13.5. The van der Waals surface area contributed by atoms with Gasteiger partial charge in [-0.2, -0.15) is 0 Å². The van der Waals surface area contributed by atoms with Gasteiger partial charge in [-0.25, -0.2) is 19.4 Å². The predicted molar refractivity (Wildman–Crippen MR) is 154 cm³/mol. The number of hydrogen-bond acceptors (Lipinski definition) is 9. The van der Waals surface area contributed by atoms with Crippen LogP contribution >= 0.6 is 11.6 Å². The second-order valence-corrected chi connectivity index (χ2v) is 10.2. The lowest BCUT2D eigenvalue weighted by atomic mass is 10.2. The van der Waals surface area contributed by atoms with Crippen LogP contribution in [0.25, 0.3) is 10.9 Å². The van der Waals surface area contributed by atoms with Crippen molar-refractivity contribution in [3.63, 3.8) is 0 Å². The van der Waals surface area contributed by atoms with Crippen LogP contribution in [0.2, 0.25) is 5.02 Å². The maximum Gasteiger partial charge on any atom is 0.141 e. The number of ether oxygens (including phenoxy) is 1. The Hall–Kier alpha value is -4.28. The quantitative estimate of drug-likeness (QED) is 0.297. The Bertz CT molecular complexity index is 1590. The molecule has 204 valence electrons. The molecule has 2 aliphatic rings. The van der Waals surface area contributed by atoms with Crippen molar-refractivity contribution >= 4 is 39.7 Å².